The highest BCUT2D eigenvalue weighted by Gasteiger charge is 2.16. The molecule has 3 heteroatoms. The molecule has 0 aromatic heterocycles. The van der Waals surface area contributed by atoms with Crippen LogP contribution in [0.3, 0.4) is 0 Å². The second kappa shape index (κ2) is 5.51. The van der Waals surface area contributed by atoms with E-state index in [0.717, 1.165) is 19.5 Å². The number of aliphatic hydroxyl groups excluding tert-OH is 1. The van der Waals surface area contributed by atoms with Crippen LogP contribution in [0.25, 0.3) is 0 Å². The van der Waals surface area contributed by atoms with Crippen LogP contribution >= 0.6 is 0 Å². The molecule has 0 bridgehead atoms. The van der Waals surface area contributed by atoms with Crippen molar-refractivity contribution in [3.8, 4) is 0 Å². The molecule has 0 aromatic carbocycles. The second-order valence-electron chi connectivity index (χ2n) is 3.56. The Balaban J connectivity index is 2.11. The van der Waals surface area contributed by atoms with Crippen LogP contribution in [0.4, 0.5) is 0 Å². The van der Waals surface area contributed by atoms with Crippen molar-refractivity contribution < 1.29 is 9.84 Å². The molecule has 12 heavy (non-hydrogen) atoms. The van der Waals surface area contributed by atoms with Gasteiger partial charge in [-0.2, -0.15) is 0 Å². The van der Waals surface area contributed by atoms with Crippen molar-refractivity contribution in [3.63, 3.8) is 0 Å². The minimum atomic E-state index is -0.278. The molecule has 2 atom stereocenters. The first-order valence-corrected chi connectivity index (χ1v) is 4.70. The molecule has 0 saturated carbocycles. The van der Waals surface area contributed by atoms with Crippen molar-refractivity contribution in [2.24, 2.45) is 5.92 Å². The van der Waals surface area contributed by atoms with Crippen LogP contribution in [-0.4, -0.2) is 38.0 Å². The predicted molar refractivity (Wildman–Crippen MR) is 48.1 cm³/mol. The van der Waals surface area contributed by atoms with Gasteiger partial charge in [-0.1, -0.05) is 0 Å². The summed E-state index contributed by atoms with van der Waals surface area (Å²) in [5.74, 6) is 0.642. The SMILES string of the molecule is COCC(O)CC1CCCNC1. The Labute approximate surface area is 74.1 Å². The van der Waals surface area contributed by atoms with Gasteiger partial charge < -0.3 is 15.2 Å². The third-order valence-corrected chi connectivity index (χ3v) is 2.36. The Morgan fingerprint density at radius 1 is 1.67 bits per heavy atom. The van der Waals surface area contributed by atoms with Gasteiger partial charge in [-0.05, 0) is 38.3 Å². The summed E-state index contributed by atoms with van der Waals surface area (Å²) in [6, 6.07) is 0. The highest BCUT2D eigenvalue weighted by molar-refractivity contribution is 4.71. The van der Waals surface area contributed by atoms with E-state index in [1.54, 1.807) is 7.11 Å². The lowest BCUT2D eigenvalue weighted by molar-refractivity contribution is 0.0455. The molecule has 0 radical (unpaired) electrons. The maximum atomic E-state index is 9.45. The molecule has 2 unspecified atom stereocenters. The van der Waals surface area contributed by atoms with E-state index < -0.39 is 0 Å². The molecule has 1 aliphatic heterocycles. The van der Waals surface area contributed by atoms with Crippen LogP contribution in [0, 0.1) is 5.92 Å². The quantitative estimate of drug-likeness (QED) is 0.646. The zero-order valence-corrected chi connectivity index (χ0v) is 7.75. The number of piperidine rings is 1. The van der Waals surface area contributed by atoms with E-state index in [0.29, 0.717) is 12.5 Å². The van der Waals surface area contributed by atoms with Gasteiger partial charge in [-0.25, -0.2) is 0 Å². The van der Waals surface area contributed by atoms with Gasteiger partial charge in [-0.3, -0.25) is 0 Å². The minimum absolute atomic E-state index is 0.278. The number of aliphatic hydroxyl groups is 1. The Kier molecular flexibility index (Phi) is 4.58. The van der Waals surface area contributed by atoms with Gasteiger partial charge in [0.1, 0.15) is 0 Å². The standard InChI is InChI=1S/C9H19NO2/c1-12-7-9(11)5-8-3-2-4-10-6-8/h8-11H,2-7H2,1H3. The smallest absolute Gasteiger partial charge is 0.0776 e. The summed E-state index contributed by atoms with van der Waals surface area (Å²) in [5, 5.41) is 12.8. The van der Waals surface area contributed by atoms with E-state index in [1.807, 2.05) is 0 Å². The number of hydrogen-bond acceptors (Lipinski definition) is 3. The summed E-state index contributed by atoms with van der Waals surface area (Å²) >= 11 is 0. The van der Waals surface area contributed by atoms with Crippen LogP contribution in [0.2, 0.25) is 0 Å². The molecule has 1 heterocycles. The van der Waals surface area contributed by atoms with Crippen LogP contribution in [0.1, 0.15) is 19.3 Å². The molecule has 0 aromatic rings. The fourth-order valence-corrected chi connectivity index (χ4v) is 1.77. The lowest BCUT2D eigenvalue weighted by atomic mass is 9.94. The van der Waals surface area contributed by atoms with Crippen LogP contribution in [0.5, 0.6) is 0 Å². The van der Waals surface area contributed by atoms with E-state index in [-0.39, 0.29) is 6.10 Å². The first-order valence-electron chi connectivity index (χ1n) is 4.70. The normalized spacial score (nSPS) is 27.0. The van der Waals surface area contributed by atoms with Crippen LogP contribution < -0.4 is 5.32 Å². The lowest BCUT2D eigenvalue weighted by Gasteiger charge is -2.24. The zero-order chi connectivity index (χ0) is 8.81. The Morgan fingerprint density at radius 3 is 3.08 bits per heavy atom. The fourth-order valence-electron chi connectivity index (χ4n) is 1.77. The topological polar surface area (TPSA) is 41.5 Å². The van der Waals surface area contributed by atoms with Gasteiger partial charge in [0.25, 0.3) is 0 Å². The maximum absolute atomic E-state index is 9.45. The van der Waals surface area contributed by atoms with E-state index in [2.05, 4.69) is 5.32 Å². The minimum Gasteiger partial charge on any atom is -0.391 e. The van der Waals surface area contributed by atoms with Crippen molar-refractivity contribution in [2.45, 2.75) is 25.4 Å². The third kappa shape index (κ3) is 3.52. The largest absolute Gasteiger partial charge is 0.391 e. The molecule has 1 saturated heterocycles. The Morgan fingerprint density at radius 2 is 2.50 bits per heavy atom. The number of nitrogens with one attached hydrogen (secondary N) is 1. The van der Waals surface area contributed by atoms with Gasteiger partial charge in [0.2, 0.25) is 0 Å². The molecule has 1 rings (SSSR count). The first kappa shape index (κ1) is 9.96. The van der Waals surface area contributed by atoms with Gasteiger partial charge in [0, 0.05) is 7.11 Å². The van der Waals surface area contributed by atoms with Crippen molar-refractivity contribution >= 4 is 0 Å². The first-order chi connectivity index (χ1) is 5.83. The molecular formula is C9H19NO2. The number of rotatable bonds is 4. The summed E-state index contributed by atoms with van der Waals surface area (Å²) in [6.07, 6.45) is 3.08. The summed E-state index contributed by atoms with van der Waals surface area (Å²) < 4.78 is 4.87. The molecule has 1 aliphatic rings. The molecule has 2 N–H and O–H groups in total. The average molecular weight is 173 g/mol. The van der Waals surface area contributed by atoms with Crippen LogP contribution in [0.15, 0.2) is 0 Å². The summed E-state index contributed by atoms with van der Waals surface area (Å²) in [5.41, 5.74) is 0. The zero-order valence-electron chi connectivity index (χ0n) is 7.75. The van der Waals surface area contributed by atoms with E-state index in [9.17, 15) is 5.11 Å². The van der Waals surface area contributed by atoms with Crippen LogP contribution in [-0.2, 0) is 4.74 Å². The maximum Gasteiger partial charge on any atom is 0.0776 e. The number of hydrogen-bond donors (Lipinski definition) is 2. The van der Waals surface area contributed by atoms with Gasteiger partial charge in [0.05, 0.1) is 12.7 Å². The third-order valence-electron chi connectivity index (χ3n) is 2.36. The Bertz CT molecular complexity index is 113. The lowest BCUT2D eigenvalue weighted by Crippen LogP contribution is -2.32. The van der Waals surface area contributed by atoms with Crippen molar-refractivity contribution in [2.75, 3.05) is 26.8 Å². The highest BCUT2D eigenvalue weighted by atomic mass is 16.5. The molecule has 0 spiro atoms. The average Bonchev–Trinajstić information content (AvgIpc) is 2.06. The summed E-state index contributed by atoms with van der Waals surface area (Å²) in [4.78, 5) is 0. The fraction of sp³-hybridized carbons (Fsp3) is 1.00. The molecular weight excluding hydrogens is 154 g/mol. The second-order valence-corrected chi connectivity index (χ2v) is 3.56. The van der Waals surface area contributed by atoms with E-state index in [4.69, 9.17) is 4.74 Å². The monoisotopic (exact) mass is 173 g/mol. The molecule has 0 amide bonds. The van der Waals surface area contributed by atoms with E-state index >= 15 is 0 Å². The van der Waals surface area contributed by atoms with Crippen molar-refractivity contribution in [3.05, 3.63) is 0 Å². The Hall–Kier alpha value is -0.120. The molecule has 0 aliphatic carbocycles. The molecule has 72 valence electrons. The van der Waals surface area contributed by atoms with Crippen molar-refractivity contribution in [1.82, 2.24) is 5.32 Å². The van der Waals surface area contributed by atoms with Crippen molar-refractivity contribution in [1.29, 1.82) is 0 Å². The van der Waals surface area contributed by atoms with Gasteiger partial charge in [0.15, 0.2) is 0 Å². The van der Waals surface area contributed by atoms with Gasteiger partial charge >= 0.3 is 0 Å². The molecule has 3 nitrogen and oxygen atoms in total. The molecule has 1 fully saturated rings. The summed E-state index contributed by atoms with van der Waals surface area (Å²) in [7, 11) is 1.63. The highest BCUT2D eigenvalue weighted by Crippen LogP contribution is 2.15. The van der Waals surface area contributed by atoms with E-state index in [1.165, 1.54) is 12.8 Å². The number of methoxy groups -OCH3 is 1. The number of ether oxygens (including phenoxy) is 1. The summed E-state index contributed by atoms with van der Waals surface area (Å²) in [6.45, 7) is 2.66. The predicted octanol–water partition coefficient (Wildman–Crippen LogP) is 0.383. The van der Waals surface area contributed by atoms with Gasteiger partial charge in [-0.15, -0.1) is 0 Å².